The Bertz CT molecular complexity index is 908. The van der Waals surface area contributed by atoms with Crippen LogP contribution < -0.4 is 5.32 Å². The maximum atomic E-state index is 12.6. The van der Waals surface area contributed by atoms with Gasteiger partial charge in [0, 0.05) is 24.1 Å². The Morgan fingerprint density at radius 3 is 2.92 bits per heavy atom. The first kappa shape index (κ1) is 15.7. The van der Waals surface area contributed by atoms with E-state index in [9.17, 15) is 4.79 Å². The Hall–Kier alpha value is -2.82. The largest absolute Gasteiger partial charge is 0.455 e. The Morgan fingerprint density at radius 2 is 2.12 bits per heavy atom. The summed E-state index contributed by atoms with van der Waals surface area (Å²) in [6, 6.07) is 10.2. The number of carbonyl (C=O) groups excluding carboxylic acids is 1. The molecule has 5 heteroatoms. The molecule has 0 aliphatic heterocycles. The van der Waals surface area contributed by atoms with Gasteiger partial charge in [-0.15, -0.1) is 0 Å². The molecule has 1 unspecified atom stereocenters. The van der Waals surface area contributed by atoms with E-state index in [2.05, 4.69) is 34.6 Å². The lowest BCUT2D eigenvalue weighted by Gasteiger charge is -2.12. The summed E-state index contributed by atoms with van der Waals surface area (Å²) in [4.78, 5) is 12.6. The van der Waals surface area contributed by atoms with Crippen LogP contribution in [-0.2, 0) is 12.8 Å². The van der Waals surface area contributed by atoms with Gasteiger partial charge in [-0.25, -0.2) is 0 Å². The van der Waals surface area contributed by atoms with Gasteiger partial charge < -0.3 is 9.73 Å². The summed E-state index contributed by atoms with van der Waals surface area (Å²) in [5.41, 5.74) is 5.26. The minimum atomic E-state index is -0.157. The lowest BCUT2D eigenvalue weighted by atomic mass is 9.93. The van der Waals surface area contributed by atoms with Crippen LogP contribution in [0.2, 0.25) is 0 Å². The molecule has 0 radical (unpaired) electrons. The van der Waals surface area contributed by atoms with E-state index in [0.717, 1.165) is 35.4 Å². The van der Waals surface area contributed by atoms with E-state index in [4.69, 9.17) is 4.42 Å². The van der Waals surface area contributed by atoms with Gasteiger partial charge in [0.15, 0.2) is 5.76 Å². The minimum absolute atomic E-state index is 0.157. The molecule has 0 bridgehead atoms. The molecule has 2 heterocycles. The summed E-state index contributed by atoms with van der Waals surface area (Å²) in [5, 5.41) is 10.2. The molecule has 25 heavy (non-hydrogen) atoms. The third-order valence-electron chi connectivity index (χ3n) is 4.95. The summed E-state index contributed by atoms with van der Waals surface area (Å²) >= 11 is 0. The predicted octanol–water partition coefficient (Wildman–Crippen LogP) is 3.61. The van der Waals surface area contributed by atoms with Gasteiger partial charge in [-0.05, 0) is 30.4 Å². The van der Waals surface area contributed by atoms with Crippen molar-refractivity contribution in [3.05, 3.63) is 64.7 Å². The highest BCUT2D eigenvalue weighted by atomic mass is 16.4. The zero-order chi connectivity index (χ0) is 17.4. The van der Waals surface area contributed by atoms with E-state index >= 15 is 0 Å². The molecule has 5 nitrogen and oxygen atoms in total. The van der Waals surface area contributed by atoms with Crippen molar-refractivity contribution in [2.75, 3.05) is 6.54 Å². The first-order valence-corrected chi connectivity index (χ1v) is 8.63. The van der Waals surface area contributed by atoms with Crippen LogP contribution in [0.25, 0.3) is 11.3 Å². The van der Waals surface area contributed by atoms with Crippen LogP contribution >= 0.6 is 0 Å². The minimum Gasteiger partial charge on any atom is -0.455 e. The number of hydrogen-bond donors (Lipinski definition) is 2. The number of carbonyl (C=O) groups is 1. The fourth-order valence-electron chi connectivity index (χ4n) is 3.48. The number of rotatable bonds is 4. The highest BCUT2D eigenvalue weighted by Crippen LogP contribution is 2.37. The molecular formula is C20H21N3O2. The van der Waals surface area contributed by atoms with Crippen molar-refractivity contribution in [2.45, 2.75) is 32.6 Å². The van der Waals surface area contributed by atoms with Crippen LogP contribution in [0.1, 0.15) is 45.8 Å². The number of aryl methyl sites for hydroxylation is 2. The number of H-pyrrole nitrogens is 1. The second-order valence-corrected chi connectivity index (χ2v) is 6.65. The standard InChI is InChI=1S/C20H21N3O2/c1-12(14-6-4-3-5-7-14)10-21-20(24)19-13(2)17-16(25-19)9-8-15-11-22-23-18(15)17/h3-7,11-12H,8-10H2,1-2H3,(H,21,24)(H,22,23). The molecule has 3 aromatic rings. The monoisotopic (exact) mass is 335 g/mol. The quantitative estimate of drug-likeness (QED) is 0.765. The average molecular weight is 335 g/mol. The third-order valence-corrected chi connectivity index (χ3v) is 4.95. The molecule has 128 valence electrons. The summed E-state index contributed by atoms with van der Waals surface area (Å²) < 4.78 is 5.90. The first-order valence-electron chi connectivity index (χ1n) is 8.63. The number of furan rings is 1. The molecule has 4 rings (SSSR count). The molecular weight excluding hydrogens is 314 g/mol. The number of aromatic nitrogens is 2. The summed E-state index contributed by atoms with van der Waals surface area (Å²) in [7, 11) is 0. The molecule has 1 atom stereocenters. The van der Waals surface area contributed by atoms with Gasteiger partial charge in [0.1, 0.15) is 5.76 Å². The van der Waals surface area contributed by atoms with Crippen molar-refractivity contribution < 1.29 is 9.21 Å². The fraction of sp³-hybridized carbons (Fsp3) is 0.300. The molecule has 1 aromatic carbocycles. The number of nitrogens with zero attached hydrogens (tertiary/aromatic N) is 1. The van der Waals surface area contributed by atoms with Crippen molar-refractivity contribution in [1.29, 1.82) is 0 Å². The van der Waals surface area contributed by atoms with Crippen molar-refractivity contribution in [1.82, 2.24) is 15.5 Å². The number of benzene rings is 1. The van der Waals surface area contributed by atoms with Crippen molar-refractivity contribution in [2.24, 2.45) is 0 Å². The molecule has 1 amide bonds. The van der Waals surface area contributed by atoms with E-state index < -0.39 is 0 Å². The van der Waals surface area contributed by atoms with Crippen molar-refractivity contribution in [3.63, 3.8) is 0 Å². The maximum Gasteiger partial charge on any atom is 0.287 e. The average Bonchev–Trinajstić information content (AvgIpc) is 3.24. The van der Waals surface area contributed by atoms with Crippen LogP contribution in [0, 0.1) is 6.92 Å². The molecule has 1 aliphatic carbocycles. The van der Waals surface area contributed by atoms with Gasteiger partial charge in [-0.3, -0.25) is 9.89 Å². The Labute approximate surface area is 146 Å². The van der Waals surface area contributed by atoms with Gasteiger partial charge in [-0.2, -0.15) is 5.10 Å². The van der Waals surface area contributed by atoms with Crippen LogP contribution in [-0.4, -0.2) is 22.6 Å². The lowest BCUT2D eigenvalue weighted by Crippen LogP contribution is -2.27. The zero-order valence-corrected chi connectivity index (χ0v) is 14.4. The Kier molecular flexibility index (Phi) is 3.92. The third kappa shape index (κ3) is 2.76. The van der Waals surface area contributed by atoms with Gasteiger partial charge in [0.05, 0.1) is 11.9 Å². The van der Waals surface area contributed by atoms with E-state index in [1.807, 2.05) is 31.3 Å². The maximum absolute atomic E-state index is 12.6. The van der Waals surface area contributed by atoms with E-state index in [1.165, 1.54) is 11.1 Å². The number of nitrogens with one attached hydrogen (secondary N) is 2. The van der Waals surface area contributed by atoms with Gasteiger partial charge in [0.25, 0.3) is 5.91 Å². The van der Waals surface area contributed by atoms with Crippen LogP contribution in [0.4, 0.5) is 0 Å². The number of fused-ring (bicyclic) bond motifs is 3. The van der Waals surface area contributed by atoms with E-state index in [1.54, 1.807) is 0 Å². The molecule has 0 spiro atoms. The van der Waals surface area contributed by atoms with Crippen LogP contribution in [0.15, 0.2) is 40.9 Å². The summed E-state index contributed by atoms with van der Waals surface area (Å²) in [6.07, 6.45) is 3.54. The van der Waals surface area contributed by atoms with Crippen LogP contribution in [0.3, 0.4) is 0 Å². The molecule has 0 saturated carbocycles. The molecule has 2 N–H and O–H groups in total. The van der Waals surface area contributed by atoms with Gasteiger partial charge in [0.2, 0.25) is 0 Å². The second-order valence-electron chi connectivity index (χ2n) is 6.65. The lowest BCUT2D eigenvalue weighted by molar-refractivity contribution is 0.0921. The number of aromatic amines is 1. The van der Waals surface area contributed by atoms with Crippen LogP contribution in [0.5, 0.6) is 0 Å². The highest BCUT2D eigenvalue weighted by molar-refractivity contribution is 5.95. The van der Waals surface area contributed by atoms with Gasteiger partial charge >= 0.3 is 0 Å². The Morgan fingerprint density at radius 1 is 1.32 bits per heavy atom. The SMILES string of the molecule is Cc1c(C(=O)NCC(C)c2ccccc2)oc2c1-c1[nH]ncc1CC2. The van der Waals surface area contributed by atoms with E-state index in [0.29, 0.717) is 12.3 Å². The Balaban J connectivity index is 1.52. The van der Waals surface area contributed by atoms with Crippen molar-refractivity contribution >= 4 is 5.91 Å². The van der Waals surface area contributed by atoms with E-state index in [-0.39, 0.29) is 11.8 Å². The first-order chi connectivity index (χ1) is 12.1. The smallest absolute Gasteiger partial charge is 0.287 e. The van der Waals surface area contributed by atoms with Crippen molar-refractivity contribution in [3.8, 4) is 11.3 Å². The topological polar surface area (TPSA) is 70.9 Å². The normalized spacial score (nSPS) is 13.8. The number of amides is 1. The highest BCUT2D eigenvalue weighted by Gasteiger charge is 2.28. The molecule has 2 aromatic heterocycles. The predicted molar refractivity (Wildman–Crippen MR) is 95.6 cm³/mol. The second kappa shape index (κ2) is 6.24. The molecule has 0 saturated heterocycles. The number of hydrogen-bond acceptors (Lipinski definition) is 3. The fourth-order valence-corrected chi connectivity index (χ4v) is 3.48. The molecule has 1 aliphatic rings. The summed E-state index contributed by atoms with van der Waals surface area (Å²) in [6.45, 7) is 4.61. The summed E-state index contributed by atoms with van der Waals surface area (Å²) in [5.74, 6) is 1.37. The molecule has 0 fully saturated rings. The zero-order valence-electron chi connectivity index (χ0n) is 14.4. The van der Waals surface area contributed by atoms with Gasteiger partial charge in [-0.1, -0.05) is 37.3 Å².